The molecule has 1 fully saturated rings. The largest absolute Gasteiger partial charge is 0.426 e. The molecule has 0 radical (unpaired) electrons. The maximum absolute atomic E-state index is 12.8. The molecule has 0 bridgehead atoms. The summed E-state index contributed by atoms with van der Waals surface area (Å²) in [6, 6.07) is 14.8. The summed E-state index contributed by atoms with van der Waals surface area (Å²) in [6.07, 6.45) is 3.46. The minimum absolute atomic E-state index is 0.0715. The van der Waals surface area contributed by atoms with Crippen LogP contribution in [0.15, 0.2) is 48.5 Å². The summed E-state index contributed by atoms with van der Waals surface area (Å²) in [4.78, 5) is 40.3. The topological polar surface area (TPSA) is 147 Å². The van der Waals surface area contributed by atoms with E-state index in [-0.39, 0.29) is 30.2 Å². The Labute approximate surface area is 210 Å². The first-order chi connectivity index (χ1) is 17.0. The van der Waals surface area contributed by atoms with Crippen molar-refractivity contribution in [2.45, 2.75) is 25.2 Å². The normalized spacial score (nSPS) is 17.8. The lowest BCUT2D eigenvalue weighted by molar-refractivity contribution is -0.136. The molecule has 1 unspecified atom stereocenters. The third-order valence-electron chi connectivity index (χ3n) is 6.01. The fourth-order valence-corrected chi connectivity index (χ4v) is 4.36. The molecule has 10 nitrogen and oxygen atoms in total. The zero-order chi connectivity index (χ0) is 26.3. The Morgan fingerprint density at radius 2 is 1.64 bits per heavy atom. The minimum atomic E-state index is -3.67. The van der Waals surface area contributed by atoms with Crippen LogP contribution in [0.1, 0.15) is 40.2 Å². The molecule has 1 heterocycles. The van der Waals surface area contributed by atoms with Gasteiger partial charge in [0.05, 0.1) is 18.7 Å². The van der Waals surface area contributed by atoms with Gasteiger partial charge in [-0.3, -0.25) is 23.8 Å². The zero-order valence-corrected chi connectivity index (χ0v) is 20.9. The van der Waals surface area contributed by atoms with Crippen LogP contribution in [-0.2, 0) is 26.1 Å². The van der Waals surface area contributed by atoms with E-state index in [4.69, 9.17) is 15.0 Å². The molecular weight excluding hydrogens is 486 g/mol. The minimum Gasteiger partial charge on any atom is -0.426 e. The van der Waals surface area contributed by atoms with Crippen LogP contribution in [0.5, 0.6) is 5.75 Å². The number of aryl methyl sites for hydroxylation is 1. The molecule has 2 aromatic carbocycles. The molecule has 2 aliphatic rings. The highest BCUT2D eigenvalue weighted by Gasteiger charge is 2.28. The molecule has 11 heteroatoms. The Morgan fingerprint density at radius 1 is 1.03 bits per heavy atom. The SMILES string of the molecule is CS(=O)(=O)O.NC(=O)CN1CCN(C(=O)c2ccc(OC(=O)C3CCCc4ccccc43)cc2)CC1. The van der Waals surface area contributed by atoms with Crippen LogP contribution in [0.3, 0.4) is 0 Å². The highest BCUT2D eigenvalue weighted by Crippen LogP contribution is 2.32. The molecule has 1 aliphatic carbocycles. The van der Waals surface area contributed by atoms with Crippen molar-refractivity contribution in [3.63, 3.8) is 0 Å². The predicted octanol–water partition coefficient (Wildman–Crippen LogP) is 1.46. The Hall–Kier alpha value is -3.28. The van der Waals surface area contributed by atoms with Gasteiger partial charge in [0.2, 0.25) is 5.91 Å². The monoisotopic (exact) mass is 517 g/mol. The molecule has 2 amide bonds. The first kappa shape index (κ1) is 27.3. The van der Waals surface area contributed by atoms with Crippen LogP contribution < -0.4 is 10.5 Å². The molecule has 4 rings (SSSR count). The number of nitrogens with zero attached hydrogens (tertiary/aromatic N) is 2. The summed E-state index contributed by atoms with van der Waals surface area (Å²) in [6.45, 7) is 2.54. The van der Waals surface area contributed by atoms with Gasteiger partial charge in [-0.1, -0.05) is 24.3 Å². The van der Waals surface area contributed by atoms with Gasteiger partial charge in [0.15, 0.2) is 0 Å². The van der Waals surface area contributed by atoms with E-state index in [1.54, 1.807) is 29.2 Å². The maximum atomic E-state index is 12.8. The summed E-state index contributed by atoms with van der Waals surface area (Å²) in [5, 5.41) is 0. The van der Waals surface area contributed by atoms with Gasteiger partial charge in [-0.05, 0) is 54.7 Å². The van der Waals surface area contributed by atoms with Crippen molar-refractivity contribution < 1.29 is 32.1 Å². The number of rotatable bonds is 5. The Morgan fingerprint density at radius 3 is 2.25 bits per heavy atom. The highest BCUT2D eigenvalue weighted by atomic mass is 32.2. The Bertz CT molecular complexity index is 1180. The van der Waals surface area contributed by atoms with Crippen molar-refractivity contribution >= 4 is 27.9 Å². The van der Waals surface area contributed by atoms with Crippen LogP contribution in [-0.4, -0.2) is 79.5 Å². The molecule has 3 N–H and O–H groups in total. The second kappa shape index (κ2) is 12.1. The standard InChI is InChI=1S/C24H27N3O4.CH4O3S/c25-22(28)16-26-12-14-27(15-13-26)23(29)18-8-10-19(11-9-18)31-24(30)21-7-3-5-17-4-1-2-6-20(17)21;1-5(2,3)4/h1-2,4,6,8-11,21H,3,5,7,12-16H2,(H2,25,28);1H3,(H,2,3,4). The van der Waals surface area contributed by atoms with Gasteiger partial charge < -0.3 is 15.4 Å². The predicted molar refractivity (Wildman–Crippen MR) is 133 cm³/mol. The lowest BCUT2D eigenvalue weighted by Crippen LogP contribution is -2.50. The average Bonchev–Trinajstić information content (AvgIpc) is 2.83. The van der Waals surface area contributed by atoms with E-state index in [0.717, 1.165) is 24.8 Å². The van der Waals surface area contributed by atoms with E-state index in [1.807, 2.05) is 23.1 Å². The van der Waals surface area contributed by atoms with E-state index < -0.39 is 10.1 Å². The molecule has 1 atom stereocenters. The fraction of sp³-hybridized carbons (Fsp3) is 0.400. The first-order valence-electron chi connectivity index (χ1n) is 11.6. The number of amides is 2. The smallest absolute Gasteiger partial charge is 0.318 e. The van der Waals surface area contributed by atoms with Gasteiger partial charge >= 0.3 is 5.97 Å². The number of hydrogen-bond acceptors (Lipinski definition) is 7. The molecule has 1 aliphatic heterocycles. The van der Waals surface area contributed by atoms with E-state index in [9.17, 15) is 22.8 Å². The number of ether oxygens (including phenoxy) is 1. The molecule has 2 aromatic rings. The van der Waals surface area contributed by atoms with Crippen LogP contribution in [0.4, 0.5) is 0 Å². The number of benzene rings is 2. The Kier molecular flexibility index (Phi) is 9.19. The van der Waals surface area contributed by atoms with Crippen molar-refractivity contribution in [2.24, 2.45) is 5.73 Å². The van der Waals surface area contributed by atoms with Gasteiger partial charge in [0.1, 0.15) is 5.75 Å². The van der Waals surface area contributed by atoms with Gasteiger partial charge in [-0.15, -0.1) is 0 Å². The first-order valence-corrected chi connectivity index (χ1v) is 13.5. The van der Waals surface area contributed by atoms with Crippen molar-refractivity contribution in [1.82, 2.24) is 9.80 Å². The highest BCUT2D eigenvalue weighted by molar-refractivity contribution is 7.85. The summed E-state index contributed by atoms with van der Waals surface area (Å²) < 4.78 is 31.5. The fourth-order valence-electron chi connectivity index (χ4n) is 4.36. The summed E-state index contributed by atoms with van der Waals surface area (Å²) in [5.41, 5.74) is 8.05. The summed E-state index contributed by atoms with van der Waals surface area (Å²) in [7, 11) is -3.67. The Balaban J connectivity index is 0.000000658. The molecule has 36 heavy (non-hydrogen) atoms. The average molecular weight is 518 g/mol. The molecule has 0 spiro atoms. The zero-order valence-electron chi connectivity index (χ0n) is 20.1. The van der Waals surface area contributed by atoms with Gasteiger partial charge in [-0.25, -0.2) is 0 Å². The van der Waals surface area contributed by atoms with E-state index in [1.165, 1.54) is 5.56 Å². The number of primary amides is 1. The van der Waals surface area contributed by atoms with Crippen LogP contribution >= 0.6 is 0 Å². The summed E-state index contributed by atoms with van der Waals surface area (Å²) >= 11 is 0. The molecule has 1 saturated heterocycles. The van der Waals surface area contributed by atoms with Crippen molar-refractivity contribution in [1.29, 1.82) is 0 Å². The van der Waals surface area contributed by atoms with Crippen molar-refractivity contribution in [3.05, 3.63) is 65.2 Å². The molecule has 194 valence electrons. The molecule has 0 aromatic heterocycles. The maximum Gasteiger partial charge on any atom is 0.318 e. The molecule has 0 saturated carbocycles. The van der Waals surface area contributed by atoms with Crippen LogP contribution in [0, 0.1) is 0 Å². The van der Waals surface area contributed by atoms with Gasteiger partial charge in [-0.2, -0.15) is 8.42 Å². The van der Waals surface area contributed by atoms with Crippen LogP contribution in [0.2, 0.25) is 0 Å². The number of hydrogen-bond donors (Lipinski definition) is 2. The van der Waals surface area contributed by atoms with E-state index in [0.29, 0.717) is 43.7 Å². The summed E-state index contributed by atoms with van der Waals surface area (Å²) in [5.74, 6) is -0.491. The number of fused-ring (bicyclic) bond motifs is 1. The van der Waals surface area contributed by atoms with E-state index in [2.05, 4.69) is 6.07 Å². The van der Waals surface area contributed by atoms with Crippen molar-refractivity contribution in [3.8, 4) is 5.75 Å². The second-order valence-corrected chi connectivity index (χ2v) is 10.3. The number of piperazine rings is 1. The van der Waals surface area contributed by atoms with Gasteiger partial charge in [0, 0.05) is 31.7 Å². The van der Waals surface area contributed by atoms with Crippen LogP contribution in [0.25, 0.3) is 0 Å². The third-order valence-corrected chi connectivity index (χ3v) is 6.01. The number of carbonyl (C=O) groups excluding carboxylic acids is 3. The van der Waals surface area contributed by atoms with Crippen molar-refractivity contribution in [2.75, 3.05) is 39.0 Å². The molecular formula is C25H31N3O7S. The second-order valence-electron chi connectivity index (χ2n) is 8.86. The van der Waals surface area contributed by atoms with E-state index >= 15 is 0 Å². The number of esters is 1. The quantitative estimate of drug-likeness (QED) is 0.344. The van der Waals surface area contributed by atoms with Gasteiger partial charge in [0.25, 0.3) is 16.0 Å². The lowest BCUT2D eigenvalue weighted by Gasteiger charge is -2.34. The number of nitrogens with two attached hydrogens (primary N) is 1. The third kappa shape index (κ3) is 8.14. The lowest BCUT2D eigenvalue weighted by atomic mass is 9.83. The number of carbonyl (C=O) groups is 3.